The molecule has 0 radical (unpaired) electrons. The molecular weight excluding hydrogens is 306 g/mol. The highest BCUT2D eigenvalue weighted by molar-refractivity contribution is 5.94. The highest BCUT2D eigenvalue weighted by atomic mass is 16.5. The fraction of sp³-hybridized carbons (Fsp3) is 0.263. The molecule has 0 fully saturated rings. The number of nitrogens with one attached hydrogen (secondary N) is 1. The lowest BCUT2D eigenvalue weighted by molar-refractivity contribution is -0.115. The first-order chi connectivity index (χ1) is 11.3. The maximum atomic E-state index is 12.3. The Labute approximate surface area is 141 Å². The molecule has 0 atom stereocenters. The van der Waals surface area contributed by atoms with Crippen molar-refractivity contribution in [3.05, 3.63) is 58.1 Å². The molecule has 0 unspecified atom stereocenters. The van der Waals surface area contributed by atoms with Crippen molar-refractivity contribution in [2.75, 3.05) is 12.4 Å². The standard InChI is InChI=1S/C19H21NO4/c1-11-8-16(24-4)12(2)13(3)18(11)20-17(21)10-14-6-5-7-15(9-14)19(22)23/h5-9H,10H2,1-4H3,(H,20,21)(H,22,23). The summed E-state index contributed by atoms with van der Waals surface area (Å²) in [5.41, 5.74) is 4.46. The third kappa shape index (κ3) is 3.74. The van der Waals surface area contributed by atoms with E-state index in [1.54, 1.807) is 19.2 Å². The number of ether oxygens (including phenoxy) is 1. The molecular formula is C19H21NO4. The Balaban J connectivity index is 2.20. The summed E-state index contributed by atoms with van der Waals surface area (Å²) in [5.74, 6) is -0.403. The van der Waals surface area contributed by atoms with Crippen molar-refractivity contribution in [2.45, 2.75) is 27.2 Å². The van der Waals surface area contributed by atoms with E-state index in [2.05, 4.69) is 5.32 Å². The third-order valence-corrected chi connectivity index (χ3v) is 4.07. The maximum Gasteiger partial charge on any atom is 0.335 e. The molecule has 2 rings (SSSR count). The number of carboxylic acid groups (broad SMARTS) is 1. The van der Waals surface area contributed by atoms with Crippen LogP contribution in [0.4, 0.5) is 5.69 Å². The Morgan fingerprint density at radius 3 is 2.46 bits per heavy atom. The van der Waals surface area contributed by atoms with E-state index >= 15 is 0 Å². The molecule has 0 saturated heterocycles. The van der Waals surface area contributed by atoms with E-state index in [0.717, 1.165) is 28.1 Å². The number of methoxy groups -OCH3 is 1. The van der Waals surface area contributed by atoms with Crippen LogP contribution < -0.4 is 10.1 Å². The first-order valence-electron chi connectivity index (χ1n) is 7.60. The summed E-state index contributed by atoms with van der Waals surface area (Å²) in [6.07, 6.45) is 0.116. The van der Waals surface area contributed by atoms with Gasteiger partial charge in [-0.05, 0) is 61.2 Å². The molecule has 24 heavy (non-hydrogen) atoms. The van der Waals surface area contributed by atoms with Crippen molar-refractivity contribution >= 4 is 17.6 Å². The van der Waals surface area contributed by atoms with Crippen LogP contribution in [0.25, 0.3) is 0 Å². The quantitative estimate of drug-likeness (QED) is 0.881. The first-order valence-corrected chi connectivity index (χ1v) is 7.60. The van der Waals surface area contributed by atoms with Gasteiger partial charge in [-0.25, -0.2) is 4.79 Å². The molecule has 126 valence electrons. The van der Waals surface area contributed by atoms with Gasteiger partial charge in [-0.3, -0.25) is 4.79 Å². The number of carbonyl (C=O) groups excluding carboxylic acids is 1. The monoisotopic (exact) mass is 327 g/mol. The van der Waals surface area contributed by atoms with Gasteiger partial charge in [0.25, 0.3) is 0 Å². The minimum absolute atomic E-state index is 0.116. The van der Waals surface area contributed by atoms with E-state index in [1.165, 1.54) is 12.1 Å². The van der Waals surface area contributed by atoms with E-state index in [4.69, 9.17) is 9.84 Å². The van der Waals surface area contributed by atoms with Gasteiger partial charge in [0.2, 0.25) is 5.91 Å². The van der Waals surface area contributed by atoms with Gasteiger partial charge >= 0.3 is 5.97 Å². The number of benzene rings is 2. The lowest BCUT2D eigenvalue weighted by Crippen LogP contribution is -2.17. The maximum absolute atomic E-state index is 12.3. The largest absolute Gasteiger partial charge is 0.496 e. The van der Waals surface area contributed by atoms with Gasteiger partial charge in [0.05, 0.1) is 19.1 Å². The molecule has 2 aromatic carbocycles. The van der Waals surface area contributed by atoms with Crippen LogP contribution in [0.1, 0.15) is 32.6 Å². The van der Waals surface area contributed by atoms with Crippen LogP contribution in [-0.2, 0) is 11.2 Å². The van der Waals surface area contributed by atoms with Crippen LogP contribution in [0.2, 0.25) is 0 Å². The molecule has 0 spiro atoms. The Kier molecular flexibility index (Phi) is 5.24. The summed E-state index contributed by atoms with van der Waals surface area (Å²) in [5, 5.41) is 11.9. The minimum atomic E-state index is -1.00. The number of hydrogen-bond acceptors (Lipinski definition) is 3. The molecule has 0 heterocycles. The topological polar surface area (TPSA) is 75.6 Å². The highest BCUT2D eigenvalue weighted by Crippen LogP contribution is 2.31. The van der Waals surface area contributed by atoms with Gasteiger partial charge in [-0.1, -0.05) is 12.1 Å². The highest BCUT2D eigenvalue weighted by Gasteiger charge is 2.14. The van der Waals surface area contributed by atoms with Crippen LogP contribution in [-0.4, -0.2) is 24.1 Å². The molecule has 0 saturated carbocycles. The molecule has 0 aliphatic rings. The van der Waals surface area contributed by atoms with Crippen molar-refractivity contribution in [1.82, 2.24) is 0 Å². The smallest absolute Gasteiger partial charge is 0.335 e. The molecule has 2 N–H and O–H groups in total. The Morgan fingerprint density at radius 1 is 1.12 bits per heavy atom. The van der Waals surface area contributed by atoms with E-state index in [9.17, 15) is 9.59 Å². The van der Waals surface area contributed by atoms with E-state index in [1.807, 2.05) is 26.8 Å². The molecule has 1 amide bonds. The van der Waals surface area contributed by atoms with Crippen molar-refractivity contribution in [2.24, 2.45) is 0 Å². The third-order valence-electron chi connectivity index (χ3n) is 4.07. The van der Waals surface area contributed by atoms with Crippen molar-refractivity contribution in [3.63, 3.8) is 0 Å². The molecule has 0 aromatic heterocycles. The van der Waals surface area contributed by atoms with Gasteiger partial charge in [0.15, 0.2) is 0 Å². The first kappa shape index (κ1) is 17.5. The van der Waals surface area contributed by atoms with Gasteiger partial charge < -0.3 is 15.2 Å². The van der Waals surface area contributed by atoms with E-state index in [0.29, 0.717) is 5.56 Å². The molecule has 5 heteroatoms. The summed E-state index contributed by atoms with van der Waals surface area (Å²) in [7, 11) is 1.62. The fourth-order valence-electron chi connectivity index (χ4n) is 2.63. The van der Waals surface area contributed by atoms with Crippen LogP contribution in [0.3, 0.4) is 0 Å². The van der Waals surface area contributed by atoms with Crippen LogP contribution in [0.15, 0.2) is 30.3 Å². The number of carbonyl (C=O) groups is 2. The number of carboxylic acids is 1. The number of hydrogen-bond donors (Lipinski definition) is 2. The molecule has 0 aliphatic carbocycles. The Bertz CT molecular complexity index is 796. The van der Waals surface area contributed by atoms with Crippen molar-refractivity contribution in [1.29, 1.82) is 0 Å². The zero-order valence-corrected chi connectivity index (χ0v) is 14.3. The summed E-state index contributed by atoms with van der Waals surface area (Å²) in [6.45, 7) is 5.79. The van der Waals surface area contributed by atoms with Crippen LogP contribution in [0.5, 0.6) is 5.75 Å². The SMILES string of the molecule is COc1cc(C)c(NC(=O)Cc2cccc(C(=O)O)c2)c(C)c1C. The minimum Gasteiger partial charge on any atom is -0.496 e. The molecule has 2 aromatic rings. The zero-order chi connectivity index (χ0) is 17.9. The summed E-state index contributed by atoms with van der Waals surface area (Å²) in [4.78, 5) is 23.3. The Morgan fingerprint density at radius 2 is 1.83 bits per heavy atom. The number of amides is 1. The zero-order valence-electron chi connectivity index (χ0n) is 14.3. The second-order valence-corrected chi connectivity index (χ2v) is 5.75. The van der Waals surface area contributed by atoms with Gasteiger partial charge in [0.1, 0.15) is 5.75 Å². The summed E-state index contributed by atoms with van der Waals surface area (Å²) < 4.78 is 5.33. The van der Waals surface area contributed by atoms with E-state index in [-0.39, 0.29) is 17.9 Å². The van der Waals surface area contributed by atoms with Gasteiger partial charge in [0, 0.05) is 5.69 Å². The molecule has 0 aliphatic heterocycles. The van der Waals surface area contributed by atoms with Crippen molar-refractivity contribution < 1.29 is 19.4 Å². The van der Waals surface area contributed by atoms with Crippen LogP contribution in [0, 0.1) is 20.8 Å². The average Bonchev–Trinajstić information content (AvgIpc) is 2.55. The summed E-state index contributed by atoms with van der Waals surface area (Å²) >= 11 is 0. The van der Waals surface area contributed by atoms with Crippen molar-refractivity contribution in [3.8, 4) is 5.75 Å². The lowest BCUT2D eigenvalue weighted by Gasteiger charge is -2.17. The number of rotatable bonds is 5. The number of anilines is 1. The Hall–Kier alpha value is -2.82. The average molecular weight is 327 g/mol. The van der Waals surface area contributed by atoms with Crippen LogP contribution >= 0.6 is 0 Å². The van der Waals surface area contributed by atoms with Gasteiger partial charge in [-0.2, -0.15) is 0 Å². The number of aryl methyl sites for hydroxylation is 1. The fourth-order valence-corrected chi connectivity index (χ4v) is 2.63. The van der Waals surface area contributed by atoms with Gasteiger partial charge in [-0.15, -0.1) is 0 Å². The normalized spacial score (nSPS) is 10.3. The van der Waals surface area contributed by atoms with E-state index < -0.39 is 5.97 Å². The number of aromatic carboxylic acids is 1. The second kappa shape index (κ2) is 7.17. The molecule has 0 bridgehead atoms. The lowest BCUT2D eigenvalue weighted by atomic mass is 10.0. The predicted molar refractivity (Wildman–Crippen MR) is 92.9 cm³/mol. The molecule has 5 nitrogen and oxygen atoms in total. The summed E-state index contributed by atoms with van der Waals surface area (Å²) in [6, 6.07) is 8.29. The second-order valence-electron chi connectivity index (χ2n) is 5.75. The predicted octanol–water partition coefficient (Wildman–Crippen LogP) is 3.50.